The summed E-state index contributed by atoms with van der Waals surface area (Å²) in [5.74, 6) is -1.38. The Balaban J connectivity index is 1.44. The molecule has 0 aliphatic carbocycles. The molecule has 0 unspecified atom stereocenters. The Labute approximate surface area is 195 Å². The van der Waals surface area contributed by atoms with E-state index < -0.39 is 5.82 Å². The van der Waals surface area contributed by atoms with Crippen molar-refractivity contribution >= 4 is 39.9 Å². The summed E-state index contributed by atoms with van der Waals surface area (Å²) >= 11 is 1.25. The summed E-state index contributed by atoms with van der Waals surface area (Å²) < 4.78 is 18.1. The minimum absolute atomic E-state index is 0.196. The van der Waals surface area contributed by atoms with Crippen molar-refractivity contribution in [3.05, 3.63) is 76.5 Å². The molecule has 0 saturated carbocycles. The first-order valence-electron chi connectivity index (χ1n) is 10.5. The van der Waals surface area contributed by atoms with Gasteiger partial charge in [0.15, 0.2) is 5.13 Å². The number of ether oxygens (including phenoxy) is 1. The van der Waals surface area contributed by atoms with Crippen LogP contribution in [0.5, 0.6) is 0 Å². The molecule has 1 aromatic heterocycles. The number of anilines is 2. The van der Waals surface area contributed by atoms with Gasteiger partial charge in [-0.25, -0.2) is 14.2 Å². The summed E-state index contributed by atoms with van der Waals surface area (Å²) in [5, 5.41) is 7.62. The van der Waals surface area contributed by atoms with Gasteiger partial charge in [0, 0.05) is 23.1 Å². The highest BCUT2D eigenvalue weighted by Crippen LogP contribution is 2.18. The number of nitrogens with one attached hydrogen (secondary N) is 2. The van der Waals surface area contributed by atoms with E-state index >= 15 is 0 Å². The lowest BCUT2D eigenvalue weighted by Gasteiger charge is -2.07. The Morgan fingerprint density at radius 2 is 1.70 bits per heavy atom. The third kappa shape index (κ3) is 7.50. The number of thiazole rings is 1. The van der Waals surface area contributed by atoms with Gasteiger partial charge in [0.05, 0.1) is 17.9 Å². The van der Waals surface area contributed by atoms with Gasteiger partial charge in [-0.2, -0.15) is 0 Å². The molecule has 0 fully saturated rings. The van der Waals surface area contributed by atoms with E-state index in [1.54, 1.807) is 29.6 Å². The predicted octanol–water partition coefficient (Wildman–Crippen LogP) is 5.06. The van der Waals surface area contributed by atoms with Crippen molar-refractivity contribution in [3.8, 4) is 0 Å². The van der Waals surface area contributed by atoms with Crippen LogP contribution >= 0.6 is 11.3 Å². The number of benzene rings is 2. The lowest BCUT2D eigenvalue weighted by Crippen LogP contribution is -2.13. The summed E-state index contributed by atoms with van der Waals surface area (Å²) in [6.07, 6.45) is 2.37. The number of aromatic nitrogens is 1. The number of amides is 2. The zero-order valence-electron chi connectivity index (χ0n) is 18.1. The molecular formula is C24H24FN3O4S. The molecule has 3 aromatic rings. The largest absolute Gasteiger partial charge is 0.462 e. The summed E-state index contributed by atoms with van der Waals surface area (Å²) in [4.78, 5) is 40.7. The molecule has 172 valence electrons. The zero-order chi connectivity index (χ0) is 23.6. The van der Waals surface area contributed by atoms with Crippen molar-refractivity contribution in [2.24, 2.45) is 0 Å². The first kappa shape index (κ1) is 24.1. The van der Waals surface area contributed by atoms with Gasteiger partial charge in [-0.05, 0) is 61.4 Å². The predicted molar refractivity (Wildman–Crippen MR) is 125 cm³/mol. The average Bonchev–Trinajstić information content (AvgIpc) is 3.26. The molecule has 2 aromatic carbocycles. The van der Waals surface area contributed by atoms with Crippen molar-refractivity contribution < 1.29 is 23.5 Å². The smallest absolute Gasteiger partial charge is 0.338 e. The number of hydrogen-bond donors (Lipinski definition) is 2. The van der Waals surface area contributed by atoms with Crippen LogP contribution in [0.1, 0.15) is 52.6 Å². The Bertz CT molecular complexity index is 1100. The van der Waals surface area contributed by atoms with Crippen molar-refractivity contribution in [1.29, 1.82) is 0 Å². The normalized spacial score (nSPS) is 10.5. The molecule has 3 rings (SSSR count). The van der Waals surface area contributed by atoms with Crippen molar-refractivity contribution in [3.63, 3.8) is 0 Å². The number of carbonyl (C=O) groups is 3. The minimum atomic E-state index is -0.415. The third-order valence-corrected chi connectivity index (χ3v) is 5.43. The maximum absolute atomic E-state index is 13.0. The molecule has 2 N–H and O–H groups in total. The van der Waals surface area contributed by atoms with Gasteiger partial charge in [-0.15, -0.1) is 11.3 Å². The maximum Gasteiger partial charge on any atom is 0.338 e. The molecule has 1 heterocycles. The zero-order valence-corrected chi connectivity index (χ0v) is 18.9. The molecule has 9 heteroatoms. The van der Waals surface area contributed by atoms with E-state index in [-0.39, 0.29) is 24.2 Å². The van der Waals surface area contributed by atoms with E-state index in [1.165, 1.54) is 35.6 Å². The van der Waals surface area contributed by atoms with Crippen LogP contribution in [0.3, 0.4) is 0 Å². The van der Waals surface area contributed by atoms with Crippen LogP contribution in [0.2, 0.25) is 0 Å². The molecule has 0 radical (unpaired) electrons. The number of esters is 1. The van der Waals surface area contributed by atoms with Crippen LogP contribution in [0, 0.1) is 5.82 Å². The van der Waals surface area contributed by atoms with Gasteiger partial charge in [-0.1, -0.05) is 13.3 Å². The number of nitrogens with zero attached hydrogens (tertiary/aromatic N) is 1. The quantitative estimate of drug-likeness (QED) is 0.319. The number of hydrogen-bond acceptors (Lipinski definition) is 6. The molecule has 33 heavy (non-hydrogen) atoms. The Morgan fingerprint density at radius 3 is 2.39 bits per heavy atom. The van der Waals surface area contributed by atoms with Gasteiger partial charge in [0.25, 0.3) is 5.91 Å². The van der Waals surface area contributed by atoms with Gasteiger partial charge >= 0.3 is 5.97 Å². The van der Waals surface area contributed by atoms with E-state index in [0.29, 0.717) is 40.7 Å². The third-order valence-electron chi connectivity index (χ3n) is 4.62. The van der Waals surface area contributed by atoms with Gasteiger partial charge in [0.2, 0.25) is 5.91 Å². The minimum Gasteiger partial charge on any atom is -0.462 e. The highest BCUT2D eigenvalue weighted by Gasteiger charge is 2.11. The van der Waals surface area contributed by atoms with Crippen LogP contribution < -0.4 is 10.6 Å². The topological polar surface area (TPSA) is 97.4 Å². The fourth-order valence-electron chi connectivity index (χ4n) is 2.80. The van der Waals surface area contributed by atoms with Crippen molar-refractivity contribution in [2.75, 3.05) is 17.2 Å². The second-order valence-corrected chi connectivity index (χ2v) is 8.08. The second-order valence-electron chi connectivity index (χ2n) is 7.22. The highest BCUT2D eigenvalue weighted by atomic mass is 32.1. The molecular weight excluding hydrogens is 445 g/mol. The van der Waals surface area contributed by atoms with E-state index in [9.17, 15) is 18.8 Å². The summed E-state index contributed by atoms with van der Waals surface area (Å²) in [5.41, 5.74) is 2.01. The molecule has 0 aliphatic heterocycles. The number of aryl methyl sites for hydroxylation is 1. The highest BCUT2D eigenvalue weighted by molar-refractivity contribution is 7.14. The Morgan fingerprint density at radius 1 is 1.00 bits per heavy atom. The van der Waals surface area contributed by atoms with Gasteiger partial charge in [0.1, 0.15) is 5.82 Å². The molecule has 7 nitrogen and oxygen atoms in total. The Hall–Kier alpha value is -3.59. The fourth-order valence-corrected chi connectivity index (χ4v) is 3.54. The van der Waals surface area contributed by atoms with Crippen molar-refractivity contribution in [2.45, 2.75) is 32.6 Å². The monoisotopic (exact) mass is 469 g/mol. The van der Waals surface area contributed by atoms with E-state index in [1.807, 2.05) is 6.92 Å². The molecule has 0 spiro atoms. The number of carbonyl (C=O) groups excluding carboxylic acids is 3. The molecule has 0 aliphatic rings. The average molecular weight is 470 g/mol. The molecule has 2 amide bonds. The number of rotatable bonds is 10. The molecule has 0 bridgehead atoms. The van der Waals surface area contributed by atoms with Gasteiger partial charge in [-0.3, -0.25) is 14.9 Å². The van der Waals surface area contributed by atoms with Crippen LogP contribution in [0.4, 0.5) is 15.2 Å². The van der Waals surface area contributed by atoms with Crippen molar-refractivity contribution in [1.82, 2.24) is 4.98 Å². The van der Waals surface area contributed by atoms with E-state index in [4.69, 9.17) is 4.74 Å². The summed E-state index contributed by atoms with van der Waals surface area (Å²) in [6, 6.07) is 11.7. The molecule has 0 atom stereocenters. The fraction of sp³-hybridized carbons (Fsp3) is 0.250. The lowest BCUT2D eigenvalue weighted by atomic mass is 10.2. The van der Waals surface area contributed by atoms with Crippen LogP contribution in [-0.2, 0) is 16.0 Å². The summed E-state index contributed by atoms with van der Waals surface area (Å²) in [7, 11) is 0. The SMILES string of the molecule is CCCCOC(=O)c1ccc(NC(=O)CCc2csc(NC(=O)c3ccc(F)cc3)n2)cc1. The Kier molecular flexibility index (Phi) is 8.65. The maximum atomic E-state index is 13.0. The standard InChI is InChI=1S/C24H24FN3O4S/c1-2-3-14-32-23(31)17-6-10-19(11-7-17)26-21(29)13-12-20-15-33-24(27-20)28-22(30)16-4-8-18(25)9-5-16/h4-11,15H,2-3,12-14H2,1H3,(H,26,29)(H,27,28,30). The van der Waals surface area contributed by atoms with Crippen LogP contribution in [0.15, 0.2) is 53.9 Å². The van der Waals surface area contributed by atoms with E-state index in [0.717, 1.165) is 12.8 Å². The lowest BCUT2D eigenvalue weighted by molar-refractivity contribution is -0.116. The summed E-state index contributed by atoms with van der Waals surface area (Å²) in [6.45, 7) is 2.41. The number of unbranched alkanes of at least 4 members (excludes halogenated alkanes) is 1. The van der Waals surface area contributed by atoms with E-state index in [2.05, 4.69) is 15.6 Å². The first-order chi connectivity index (χ1) is 15.9. The first-order valence-corrected chi connectivity index (χ1v) is 11.4. The molecule has 0 saturated heterocycles. The van der Waals surface area contributed by atoms with Gasteiger partial charge < -0.3 is 10.1 Å². The number of halogens is 1. The van der Waals surface area contributed by atoms with Crippen LogP contribution in [0.25, 0.3) is 0 Å². The second kappa shape index (κ2) is 11.9. The van der Waals surface area contributed by atoms with Crippen LogP contribution in [-0.4, -0.2) is 29.4 Å².